The van der Waals surface area contributed by atoms with Crippen molar-refractivity contribution in [2.24, 2.45) is 0 Å². The molecular formula is C24H29N3O. The largest absolute Gasteiger partial charge is 0.358 e. The second kappa shape index (κ2) is 7.90. The molecule has 2 heterocycles. The highest BCUT2D eigenvalue weighted by Gasteiger charge is 2.20. The van der Waals surface area contributed by atoms with E-state index in [1.165, 1.54) is 11.1 Å². The SMILES string of the molecule is Cc1cc(C)c2c(=O)c(CN3CCN(Cc4ccccc4)CC3)c(C)[nH]c2c1. The molecular weight excluding hydrogens is 346 g/mol. The van der Waals surface area contributed by atoms with Crippen molar-refractivity contribution in [2.75, 3.05) is 26.2 Å². The predicted octanol–water partition coefficient (Wildman–Crippen LogP) is 3.77. The molecule has 28 heavy (non-hydrogen) atoms. The highest BCUT2D eigenvalue weighted by molar-refractivity contribution is 5.83. The second-order valence-electron chi connectivity index (χ2n) is 8.10. The number of aromatic nitrogens is 1. The van der Waals surface area contributed by atoms with Gasteiger partial charge in [0.05, 0.1) is 5.52 Å². The number of H-pyrrole nitrogens is 1. The zero-order chi connectivity index (χ0) is 19.7. The average molecular weight is 376 g/mol. The monoisotopic (exact) mass is 375 g/mol. The van der Waals surface area contributed by atoms with Gasteiger partial charge in [-0.2, -0.15) is 0 Å². The van der Waals surface area contributed by atoms with E-state index < -0.39 is 0 Å². The van der Waals surface area contributed by atoms with Crippen LogP contribution in [0.15, 0.2) is 47.3 Å². The quantitative estimate of drug-likeness (QED) is 0.754. The van der Waals surface area contributed by atoms with Crippen LogP contribution in [0.2, 0.25) is 0 Å². The summed E-state index contributed by atoms with van der Waals surface area (Å²) in [5, 5.41) is 0.842. The summed E-state index contributed by atoms with van der Waals surface area (Å²) in [5.41, 5.74) is 6.66. The van der Waals surface area contributed by atoms with Crippen LogP contribution in [0, 0.1) is 20.8 Å². The Balaban J connectivity index is 1.48. The van der Waals surface area contributed by atoms with Crippen LogP contribution in [-0.2, 0) is 13.1 Å². The number of fused-ring (bicyclic) bond motifs is 1. The van der Waals surface area contributed by atoms with Crippen molar-refractivity contribution < 1.29 is 0 Å². The van der Waals surface area contributed by atoms with E-state index in [9.17, 15) is 4.79 Å². The van der Waals surface area contributed by atoms with E-state index >= 15 is 0 Å². The Bertz CT molecular complexity index is 1030. The van der Waals surface area contributed by atoms with Crippen LogP contribution in [0.4, 0.5) is 0 Å². The van der Waals surface area contributed by atoms with Crippen LogP contribution >= 0.6 is 0 Å². The van der Waals surface area contributed by atoms with E-state index in [4.69, 9.17) is 0 Å². The van der Waals surface area contributed by atoms with Crippen molar-refractivity contribution in [3.05, 3.63) is 80.6 Å². The second-order valence-corrected chi connectivity index (χ2v) is 8.10. The lowest BCUT2D eigenvalue weighted by molar-refractivity contribution is 0.121. The molecule has 4 heteroatoms. The van der Waals surface area contributed by atoms with Crippen molar-refractivity contribution >= 4 is 10.9 Å². The first-order valence-electron chi connectivity index (χ1n) is 10.1. The van der Waals surface area contributed by atoms with E-state index in [1.54, 1.807) is 0 Å². The number of benzene rings is 2. The standard InChI is InChI=1S/C24H29N3O/c1-17-13-18(2)23-22(14-17)25-19(3)21(24(23)28)16-27-11-9-26(10-12-27)15-20-7-5-4-6-8-20/h4-8,13-14H,9-12,15-16H2,1-3H3,(H,25,28). The van der Waals surface area contributed by atoms with Crippen LogP contribution in [0.5, 0.6) is 0 Å². The number of nitrogens with one attached hydrogen (secondary N) is 1. The first-order valence-corrected chi connectivity index (χ1v) is 10.1. The molecule has 0 saturated carbocycles. The Morgan fingerprint density at radius 2 is 1.54 bits per heavy atom. The van der Waals surface area contributed by atoms with Crippen molar-refractivity contribution in [3.8, 4) is 0 Å². The maximum Gasteiger partial charge on any atom is 0.194 e. The molecule has 1 N–H and O–H groups in total. The smallest absolute Gasteiger partial charge is 0.194 e. The van der Waals surface area contributed by atoms with Crippen molar-refractivity contribution in [2.45, 2.75) is 33.9 Å². The van der Waals surface area contributed by atoms with Gasteiger partial charge in [-0.15, -0.1) is 0 Å². The van der Waals surface area contributed by atoms with Gasteiger partial charge >= 0.3 is 0 Å². The predicted molar refractivity (Wildman–Crippen MR) is 116 cm³/mol. The van der Waals surface area contributed by atoms with Crippen LogP contribution in [0.3, 0.4) is 0 Å². The van der Waals surface area contributed by atoms with Gasteiger partial charge in [0.1, 0.15) is 0 Å². The molecule has 1 saturated heterocycles. The normalized spacial score (nSPS) is 16.0. The molecule has 1 fully saturated rings. The number of nitrogens with zero attached hydrogens (tertiary/aromatic N) is 2. The number of aromatic amines is 1. The third-order valence-corrected chi connectivity index (χ3v) is 5.85. The van der Waals surface area contributed by atoms with E-state index in [-0.39, 0.29) is 5.43 Å². The summed E-state index contributed by atoms with van der Waals surface area (Å²) < 4.78 is 0. The summed E-state index contributed by atoms with van der Waals surface area (Å²) in [6.07, 6.45) is 0. The molecule has 1 aromatic heterocycles. The lowest BCUT2D eigenvalue weighted by Gasteiger charge is -2.34. The Hall–Kier alpha value is -2.43. The number of hydrogen-bond acceptors (Lipinski definition) is 3. The number of pyridine rings is 1. The molecule has 0 amide bonds. The zero-order valence-electron chi connectivity index (χ0n) is 17.1. The van der Waals surface area contributed by atoms with Crippen LogP contribution in [0.25, 0.3) is 10.9 Å². The van der Waals surface area contributed by atoms with Gasteiger partial charge in [-0.3, -0.25) is 14.6 Å². The average Bonchev–Trinajstić information content (AvgIpc) is 2.66. The number of piperazine rings is 1. The Labute approximate surface area is 166 Å². The van der Waals surface area contributed by atoms with Gasteiger partial charge in [0, 0.05) is 55.9 Å². The molecule has 4 rings (SSSR count). The van der Waals surface area contributed by atoms with Crippen molar-refractivity contribution in [1.29, 1.82) is 0 Å². The van der Waals surface area contributed by atoms with Gasteiger partial charge in [0.2, 0.25) is 0 Å². The van der Waals surface area contributed by atoms with E-state index in [0.717, 1.165) is 67.0 Å². The summed E-state index contributed by atoms with van der Waals surface area (Å²) in [6.45, 7) is 11.9. The Kier molecular flexibility index (Phi) is 5.33. The molecule has 0 spiro atoms. The summed E-state index contributed by atoms with van der Waals surface area (Å²) >= 11 is 0. The molecule has 4 nitrogen and oxygen atoms in total. The topological polar surface area (TPSA) is 39.3 Å². The molecule has 1 aliphatic rings. The summed E-state index contributed by atoms with van der Waals surface area (Å²) in [6, 6.07) is 14.8. The Morgan fingerprint density at radius 1 is 0.893 bits per heavy atom. The molecule has 0 atom stereocenters. The molecule has 0 aliphatic carbocycles. The fourth-order valence-corrected chi connectivity index (χ4v) is 4.33. The molecule has 0 radical (unpaired) electrons. The maximum absolute atomic E-state index is 13.2. The van der Waals surface area contributed by atoms with Gasteiger partial charge in [-0.1, -0.05) is 36.4 Å². The van der Waals surface area contributed by atoms with Gasteiger partial charge in [-0.25, -0.2) is 0 Å². The van der Waals surface area contributed by atoms with Crippen LogP contribution in [-0.4, -0.2) is 41.0 Å². The van der Waals surface area contributed by atoms with Gasteiger partial charge in [-0.05, 0) is 43.5 Å². The molecule has 2 aromatic carbocycles. The van der Waals surface area contributed by atoms with Crippen molar-refractivity contribution in [3.63, 3.8) is 0 Å². The summed E-state index contributed by atoms with van der Waals surface area (Å²) in [4.78, 5) is 21.6. The summed E-state index contributed by atoms with van der Waals surface area (Å²) in [5.74, 6) is 0. The Morgan fingerprint density at radius 3 is 2.21 bits per heavy atom. The third kappa shape index (κ3) is 3.89. The first-order chi connectivity index (χ1) is 13.5. The van der Waals surface area contributed by atoms with E-state index in [2.05, 4.69) is 64.2 Å². The van der Waals surface area contributed by atoms with Crippen LogP contribution in [0.1, 0.15) is 27.9 Å². The lowest BCUT2D eigenvalue weighted by atomic mass is 10.0. The van der Waals surface area contributed by atoms with E-state index in [0.29, 0.717) is 0 Å². The minimum atomic E-state index is 0.190. The fourth-order valence-electron chi connectivity index (χ4n) is 4.33. The van der Waals surface area contributed by atoms with Gasteiger partial charge in [0.25, 0.3) is 0 Å². The third-order valence-electron chi connectivity index (χ3n) is 5.85. The first kappa shape index (κ1) is 18.9. The van der Waals surface area contributed by atoms with Gasteiger partial charge in [0.15, 0.2) is 5.43 Å². The minimum Gasteiger partial charge on any atom is -0.358 e. The number of rotatable bonds is 4. The summed E-state index contributed by atoms with van der Waals surface area (Å²) in [7, 11) is 0. The molecule has 1 aliphatic heterocycles. The van der Waals surface area contributed by atoms with E-state index in [1.807, 2.05) is 13.8 Å². The highest BCUT2D eigenvalue weighted by Crippen LogP contribution is 2.19. The molecule has 0 bridgehead atoms. The highest BCUT2D eigenvalue weighted by atomic mass is 16.1. The zero-order valence-corrected chi connectivity index (χ0v) is 17.1. The van der Waals surface area contributed by atoms with Crippen LogP contribution < -0.4 is 5.43 Å². The minimum absolute atomic E-state index is 0.190. The van der Waals surface area contributed by atoms with Gasteiger partial charge < -0.3 is 4.98 Å². The fraction of sp³-hybridized carbons (Fsp3) is 0.375. The lowest BCUT2D eigenvalue weighted by Crippen LogP contribution is -2.46. The molecule has 3 aromatic rings. The maximum atomic E-state index is 13.2. The molecule has 146 valence electrons. The number of hydrogen-bond donors (Lipinski definition) is 1. The number of aryl methyl sites for hydroxylation is 3. The molecule has 0 unspecified atom stereocenters. The van der Waals surface area contributed by atoms with Crippen molar-refractivity contribution in [1.82, 2.24) is 14.8 Å².